The van der Waals surface area contributed by atoms with Gasteiger partial charge in [-0.15, -0.1) is 10.2 Å². The number of imidazole rings is 1. The maximum atomic E-state index is 12.5. The molecule has 6 rings (SSSR count). The molecule has 1 amide bonds. The van der Waals surface area contributed by atoms with Crippen molar-refractivity contribution < 1.29 is 14.6 Å². The molecule has 1 aliphatic rings. The summed E-state index contributed by atoms with van der Waals surface area (Å²) in [6.07, 6.45) is 2.15. The average molecular weight is 551 g/mol. The van der Waals surface area contributed by atoms with E-state index in [9.17, 15) is 15.2 Å². The highest BCUT2D eigenvalue weighted by Gasteiger charge is 2.31. The van der Waals surface area contributed by atoms with E-state index in [4.69, 9.17) is 9.72 Å². The number of aromatic amines is 1. The van der Waals surface area contributed by atoms with Gasteiger partial charge in [-0.05, 0) is 55.3 Å². The molecule has 13 nitrogen and oxygen atoms in total. The maximum Gasteiger partial charge on any atom is 0.274 e. The number of methoxy groups -OCH3 is 1. The van der Waals surface area contributed by atoms with Crippen LogP contribution in [0.3, 0.4) is 0 Å². The van der Waals surface area contributed by atoms with E-state index in [1.165, 1.54) is 0 Å². The van der Waals surface area contributed by atoms with Gasteiger partial charge >= 0.3 is 0 Å². The number of likely N-dealkylation sites (tertiary alicyclic amines) is 1. The summed E-state index contributed by atoms with van der Waals surface area (Å²) in [6, 6.07) is 14.9. The summed E-state index contributed by atoms with van der Waals surface area (Å²) >= 11 is 0. The number of fused-ring (bicyclic) bond motifs is 1. The highest BCUT2D eigenvalue weighted by molar-refractivity contribution is 5.93. The first-order chi connectivity index (χ1) is 20.0. The number of ether oxygens (including phenoxy) is 1. The Hall–Kier alpha value is -5.19. The first kappa shape index (κ1) is 26.1. The van der Waals surface area contributed by atoms with Crippen molar-refractivity contribution in [2.45, 2.75) is 19.4 Å². The Bertz CT molecular complexity index is 1780. The predicted molar refractivity (Wildman–Crippen MR) is 149 cm³/mol. The largest absolute Gasteiger partial charge is 0.396 e. The molecule has 4 aromatic heterocycles. The van der Waals surface area contributed by atoms with Crippen LogP contribution in [-0.4, -0.2) is 83.8 Å². The number of benzene rings is 1. The number of aromatic nitrogens is 7. The lowest BCUT2D eigenvalue weighted by atomic mass is 10.0. The van der Waals surface area contributed by atoms with Gasteiger partial charge in [0.25, 0.3) is 5.91 Å². The number of nitrogens with zero attached hydrogens (tertiary/aromatic N) is 8. The topological polar surface area (TPSA) is 171 Å². The molecule has 0 atom stereocenters. The minimum Gasteiger partial charge on any atom is -0.396 e. The number of amides is 1. The number of carbonyl (C=O) groups excluding carboxylic acids is 1. The second-order valence-electron chi connectivity index (χ2n) is 9.65. The van der Waals surface area contributed by atoms with Crippen LogP contribution in [0.5, 0.6) is 0 Å². The zero-order valence-electron chi connectivity index (χ0n) is 22.4. The summed E-state index contributed by atoms with van der Waals surface area (Å²) in [6.45, 7) is 2.89. The third-order valence-electron chi connectivity index (χ3n) is 7.05. The van der Waals surface area contributed by atoms with Crippen LogP contribution in [0.2, 0.25) is 0 Å². The standard InChI is InChI=1S/C28H26N10O3/c1-16-26(22(12-29)35-33-16)27-17(9-10-39)3-8-25(32-27)38-15-30-21-11-18(4-6-23(21)38)31-24-7-5-20(34-36-24)28(40)37-13-19(14-37)41-2/h3-8,11,15,19,39H,9-10,13-14H2,1-2H3,(H,31,36)(H,33,35). The Balaban J connectivity index is 1.24. The van der Waals surface area contributed by atoms with Crippen LogP contribution in [-0.2, 0) is 11.2 Å². The first-order valence-electron chi connectivity index (χ1n) is 13.0. The van der Waals surface area contributed by atoms with Gasteiger partial charge in [-0.3, -0.25) is 14.5 Å². The van der Waals surface area contributed by atoms with Gasteiger partial charge in [-0.25, -0.2) is 9.97 Å². The molecule has 0 aliphatic carbocycles. The molecule has 41 heavy (non-hydrogen) atoms. The highest BCUT2D eigenvalue weighted by Crippen LogP contribution is 2.30. The van der Waals surface area contributed by atoms with Crippen LogP contribution in [0.1, 0.15) is 27.4 Å². The first-order valence-corrected chi connectivity index (χ1v) is 13.0. The van der Waals surface area contributed by atoms with E-state index < -0.39 is 0 Å². The Kier molecular flexibility index (Phi) is 6.84. The molecule has 1 aliphatic heterocycles. The number of aliphatic hydroxyl groups is 1. The molecule has 0 radical (unpaired) electrons. The van der Waals surface area contributed by atoms with Gasteiger partial charge in [0.05, 0.1) is 28.4 Å². The van der Waals surface area contributed by atoms with E-state index in [-0.39, 0.29) is 30.0 Å². The van der Waals surface area contributed by atoms with Gasteiger partial charge in [0.1, 0.15) is 18.2 Å². The number of pyridine rings is 1. The van der Waals surface area contributed by atoms with Crippen LogP contribution >= 0.6 is 0 Å². The molecular weight excluding hydrogens is 524 g/mol. The molecular formula is C28H26N10O3. The van der Waals surface area contributed by atoms with E-state index in [0.29, 0.717) is 42.4 Å². The Morgan fingerprint density at radius 2 is 2.07 bits per heavy atom. The van der Waals surface area contributed by atoms with Gasteiger partial charge in [0.15, 0.2) is 17.2 Å². The number of carbonyl (C=O) groups is 1. The fourth-order valence-electron chi connectivity index (χ4n) is 4.80. The molecule has 5 aromatic rings. The number of aryl methyl sites for hydroxylation is 1. The monoisotopic (exact) mass is 550 g/mol. The number of H-pyrrole nitrogens is 1. The van der Waals surface area contributed by atoms with Crippen molar-refractivity contribution in [2.24, 2.45) is 0 Å². The van der Waals surface area contributed by atoms with Crippen LogP contribution in [0.15, 0.2) is 48.8 Å². The molecule has 1 saturated heterocycles. The van der Waals surface area contributed by atoms with Crippen LogP contribution in [0, 0.1) is 18.3 Å². The molecule has 0 saturated carbocycles. The summed E-state index contributed by atoms with van der Waals surface area (Å²) in [7, 11) is 1.63. The number of hydrogen-bond acceptors (Lipinski definition) is 10. The Morgan fingerprint density at radius 1 is 1.22 bits per heavy atom. The van der Waals surface area contributed by atoms with Crippen molar-refractivity contribution >= 4 is 28.4 Å². The zero-order chi connectivity index (χ0) is 28.5. The van der Waals surface area contributed by atoms with Gasteiger partial charge in [0, 0.05) is 38.2 Å². The fourth-order valence-corrected chi connectivity index (χ4v) is 4.80. The van der Waals surface area contributed by atoms with E-state index in [1.54, 1.807) is 30.5 Å². The lowest BCUT2D eigenvalue weighted by Gasteiger charge is -2.37. The highest BCUT2D eigenvalue weighted by atomic mass is 16.5. The minimum absolute atomic E-state index is 0.0484. The number of nitriles is 1. The number of rotatable bonds is 8. The second kappa shape index (κ2) is 10.8. The summed E-state index contributed by atoms with van der Waals surface area (Å²) in [5.74, 6) is 0.935. The Morgan fingerprint density at radius 3 is 2.80 bits per heavy atom. The van der Waals surface area contributed by atoms with Gasteiger partial charge in [-0.2, -0.15) is 10.4 Å². The van der Waals surface area contributed by atoms with Crippen molar-refractivity contribution in [3.05, 3.63) is 71.4 Å². The van der Waals surface area contributed by atoms with Crippen LogP contribution in [0.25, 0.3) is 28.1 Å². The van der Waals surface area contributed by atoms with Gasteiger partial charge in [0.2, 0.25) is 0 Å². The lowest BCUT2D eigenvalue weighted by molar-refractivity contribution is -0.0195. The fraction of sp³-hybridized carbons (Fsp3) is 0.250. The number of anilines is 2. The quantitative estimate of drug-likeness (QED) is 0.261. The van der Waals surface area contributed by atoms with Crippen molar-refractivity contribution in [2.75, 3.05) is 32.1 Å². The van der Waals surface area contributed by atoms with Crippen LogP contribution in [0.4, 0.5) is 11.5 Å². The van der Waals surface area contributed by atoms with Gasteiger partial charge < -0.3 is 20.1 Å². The third-order valence-corrected chi connectivity index (χ3v) is 7.05. The van der Waals surface area contributed by atoms with Crippen molar-refractivity contribution in [3.8, 4) is 23.1 Å². The average Bonchev–Trinajstić information content (AvgIpc) is 3.56. The number of hydrogen-bond donors (Lipinski definition) is 3. The lowest BCUT2D eigenvalue weighted by Crippen LogP contribution is -2.54. The van der Waals surface area contributed by atoms with Crippen molar-refractivity contribution in [1.82, 2.24) is 39.8 Å². The van der Waals surface area contributed by atoms with E-state index in [2.05, 4.69) is 36.8 Å². The van der Waals surface area contributed by atoms with E-state index >= 15 is 0 Å². The Labute approximate surface area is 234 Å². The van der Waals surface area contributed by atoms with Crippen molar-refractivity contribution in [3.63, 3.8) is 0 Å². The van der Waals surface area contributed by atoms with Crippen LogP contribution < -0.4 is 5.32 Å². The molecule has 206 valence electrons. The second-order valence-corrected chi connectivity index (χ2v) is 9.65. The third kappa shape index (κ3) is 4.86. The molecule has 0 unspecified atom stereocenters. The number of aliphatic hydroxyl groups excluding tert-OH is 1. The molecule has 13 heteroatoms. The predicted octanol–water partition coefficient (Wildman–Crippen LogP) is 2.53. The SMILES string of the molecule is COC1CN(C(=O)c2ccc(Nc3ccc4c(c3)ncn4-c3ccc(CCO)c(-c4c(C#N)n[nH]c4C)n3)nn2)C1. The molecule has 1 aromatic carbocycles. The van der Waals surface area contributed by atoms with Crippen molar-refractivity contribution in [1.29, 1.82) is 5.26 Å². The molecule has 0 spiro atoms. The molecule has 5 heterocycles. The summed E-state index contributed by atoms with van der Waals surface area (Å²) < 4.78 is 7.08. The summed E-state index contributed by atoms with van der Waals surface area (Å²) in [4.78, 5) is 23.6. The maximum absolute atomic E-state index is 12.5. The number of nitrogens with one attached hydrogen (secondary N) is 2. The molecule has 1 fully saturated rings. The normalized spacial score (nSPS) is 13.3. The zero-order valence-corrected chi connectivity index (χ0v) is 22.4. The smallest absolute Gasteiger partial charge is 0.274 e. The van der Waals surface area contributed by atoms with E-state index in [1.807, 2.05) is 41.8 Å². The summed E-state index contributed by atoms with van der Waals surface area (Å²) in [5, 5.41) is 37.5. The van der Waals surface area contributed by atoms with Gasteiger partial charge in [-0.1, -0.05) is 6.07 Å². The summed E-state index contributed by atoms with van der Waals surface area (Å²) in [5.41, 5.74) is 5.57. The van der Waals surface area contributed by atoms with E-state index in [0.717, 1.165) is 28.0 Å². The minimum atomic E-state index is -0.169. The molecule has 0 bridgehead atoms. The molecule has 3 N–H and O–H groups in total.